The fraction of sp³-hybridized carbons (Fsp3) is 0. The first-order valence-corrected chi connectivity index (χ1v) is 7.97. The van der Waals surface area contributed by atoms with Crippen LogP contribution in [0.25, 0.3) is 22.3 Å². The van der Waals surface area contributed by atoms with Crippen molar-refractivity contribution < 1.29 is 5.11 Å². The fourth-order valence-electron chi connectivity index (χ4n) is 2.40. The van der Waals surface area contributed by atoms with E-state index in [1.165, 1.54) is 0 Å². The number of phenolic OH excluding ortho intramolecular Hbond substituents is 1. The normalized spacial score (nSPS) is 11.0. The second kappa shape index (κ2) is 5.78. The van der Waals surface area contributed by atoms with Crippen LogP contribution in [0.15, 0.2) is 76.9 Å². The van der Waals surface area contributed by atoms with Gasteiger partial charge in [0.25, 0.3) is 0 Å². The summed E-state index contributed by atoms with van der Waals surface area (Å²) in [5.41, 5.74) is 2.76. The van der Waals surface area contributed by atoms with Crippen molar-refractivity contribution in [3.63, 3.8) is 0 Å². The Kier molecular flexibility index (Phi) is 3.48. The molecule has 4 aromatic rings. The zero-order chi connectivity index (χ0) is 15.6. The molecule has 4 rings (SSSR count). The van der Waals surface area contributed by atoms with Gasteiger partial charge in [-0.15, -0.1) is 0 Å². The van der Waals surface area contributed by atoms with Crippen LogP contribution in [0.4, 0.5) is 0 Å². The molecule has 112 valence electrons. The standard InChI is InChI=1S/C18H13N3OS/c22-13-8-6-12(7-9-13)16-10-15-17(21-16)19-11-20-18(15)23-14-4-2-1-3-5-14/h1-11,22H,(H,19,20,21). The Hall–Kier alpha value is -2.79. The van der Waals surface area contributed by atoms with Gasteiger partial charge >= 0.3 is 0 Å². The molecule has 0 aliphatic carbocycles. The Morgan fingerprint density at radius 1 is 0.913 bits per heavy atom. The number of aromatic nitrogens is 3. The zero-order valence-electron chi connectivity index (χ0n) is 12.1. The van der Waals surface area contributed by atoms with Crippen molar-refractivity contribution in [1.82, 2.24) is 15.0 Å². The number of aromatic amines is 1. The van der Waals surface area contributed by atoms with Gasteiger partial charge in [-0.05, 0) is 48.0 Å². The summed E-state index contributed by atoms with van der Waals surface area (Å²) in [6, 6.07) is 19.3. The quantitative estimate of drug-likeness (QED) is 0.546. The Balaban J connectivity index is 1.77. The van der Waals surface area contributed by atoms with Gasteiger partial charge in [0.05, 0.1) is 5.39 Å². The lowest BCUT2D eigenvalue weighted by Crippen LogP contribution is -1.84. The summed E-state index contributed by atoms with van der Waals surface area (Å²) in [6.45, 7) is 0. The van der Waals surface area contributed by atoms with Gasteiger partial charge in [-0.1, -0.05) is 30.0 Å². The van der Waals surface area contributed by atoms with E-state index in [-0.39, 0.29) is 5.75 Å². The van der Waals surface area contributed by atoms with E-state index < -0.39 is 0 Å². The molecule has 0 aliphatic rings. The van der Waals surface area contributed by atoms with Crippen molar-refractivity contribution >= 4 is 22.8 Å². The Morgan fingerprint density at radius 3 is 2.48 bits per heavy atom. The Morgan fingerprint density at radius 2 is 1.70 bits per heavy atom. The second-order valence-corrected chi connectivity index (χ2v) is 6.15. The molecule has 0 spiro atoms. The van der Waals surface area contributed by atoms with E-state index in [9.17, 15) is 5.11 Å². The van der Waals surface area contributed by atoms with E-state index >= 15 is 0 Å². The average molecular weight is 319 g/mol. The second-order valence-electron chi connectivity index (χ2n) is 5.09. The van der Waals surface area contributed by atoms with Gasteiger partial charge in [0.1, 0.15) is 22.7 Å². The first kappa shape index (κ1) is 13.8. The number of nitrogens with one attached hydrogen (secondary N) is 1. The summed E-state index contributed by atoms with van der Waals surface area (Å²) in [5, 5.41) is 11.3. The summed E-state index contributed by atoms with van der Waals surface area (Å²) in [5.74, 6) is 0.255. The van der Waals surface area contributed by atoms with Crippen molar-refractivity contribution in [2.24, 2.45) is 0 Å². The van der Waals surface area contributed by atoms with E-state index in [2.05, 4.69) is 27.1 Å². The maximum Gasteiger partial charge on any atom is 0.142 e. The molecule has 0 amide bonds. The first-order valence-electron chi connectivity index (χ1n) is 7.15. The topological polar surface area (TPSA) is 61.8 Å². The molecular weight excluding hydrogens is 306 g/mol. The molecule has 0 radical (unpaired) electrons. The fourth-order valence-corrected chi connectivity index (χ4v) is 3.28. The van der Waals surface area contributed by atoms with Crippen molar-refractivity contribution in [3.8, 4) is 17.0 Å². The van der Waals surface area contributed by atoms with Gasteiger partial charge in [-0.25, -0.2) is 9.97 Å². The van der Waals surface area contributed by atoms with E-state index in [0.29, 0.717) is 0 Å². The average Bonchev–Trinajstić information content (AvgIpc) is 3.02. The summed E-state index contributed by atoms with van der Waals surface area (Å²) in [4.78, 5) is 13.2. The minimum atomic E-state index is 0.255. The lowest BCUT2D eigenvalue weighted by Gasteiger charge is -2.01. The molecular formula is C18H13N3OS. The van der Waals surface area contributed by atoms with Crippen molar-refractivity contribution in [2.45, 2.75) is 9.92 Å². The number of hydrogen-bond acceptors (Lipinski definition) is 4. The van der Waals surface area contributed by atoms with Crippen LogP contribution in [0.1, 0.15) is 0 Å². The molecule has 0 bridgehead atoms. The van der Waals surface area contributed by atoms with Crippen molar-refractivity contribution in [3.05, 3.63) is 67.0 Å². The molecule has 4 nitrogen and oxygen atoms in total. The lowest BCUT2D eigenvalue weighted by molar-refractivity contribution is 0.475. The van der Waals surface area contributed by atoms with Gasteiger partial charge in [0.15, 0.2) is 0 Å². The van der Waals surface area contributed by atoms with E-state index in [0.717, 1.165) is 32.2 Å². The SMILES string of the molecule is Oc1ccc(-c2cc3c(Sc4ccccc4)ncnc3[nH]2)cc1. The van der Waals surface area contributed by atoms with Gasteiger partial charge in [-0.2, -0.15) is 0 Å². The smallest absolute Gasteiger partial charge is 0.142 e. The number of rotatable bonds is 3. The predicted molar refractivity (Wildman–Crippen MR) is 91.6 cm³/mol. The van der Waals surface area contributed by atoms with Crippen LogP contribution in [-0.4, -0.2) is 20.1 Å². The zero-order valence-corrected chi connectivity index (χ0v) is 12.9. The molecule has 0 fully saturated rings. The minimum Gasteiger partial charge on any atom is -0.508 e. The monoisotopic (exact) mass is 319 g/mol. The van der Waals surface area contributed by atoms with Gasteiger partial charge < -0.3 is 10.1 Å². The number of hydrogen-bond donors (Lipinski definition) is 2. The summed E-state index contributed by atoms with van der Waals surface area (Å²) < 4.78 is 0. The first-order chi connectivity index (χ1) is 11.3. The Bertz CT molecular complexity index is 949. The maximum atomic E-state index is 9.42. The molecule has 0 saturated heterocycles. The molecule has 5 heteroatoms. The van der Waals surface area contributed by atoms with Crippen LogP contribution >= 0.6 is 11.8 Å². The predicted octanol–water partition coefficient (Wildman–Crippen LogP) is 4.48. The van der Waals surface area contributed by atoms with Gasteiger partial charge in [-0.3, -0.25) is 0 Å². The molecule has 0 unspecified atom stereocenters. The van der Waals surface area contributed by atoms with E-state index in [4.69, 9.17) is 0 Å². The lowest BCUT2D eigenvalue weighted by atomic mass is 10.1. The van der Waals surface area contributed by atoms with Crippen LogP contribution in [0.3, 0.4) is 0 Å². The van der Waals surface area contributed by atoms with Crippen molar-refractivity contribution in [2.75, 3.05) is 0 Å². The molecule has 2 aromatic heterocycles. The maximum absolute atomic E-state index is 9.42. The number of nitrogens with zero attached hydrogens (tertiary/aromatic N) is 2. The Labute approximate surface area is 137 Å². The largest absolute Gasteiger partial charge is 0.508 e. The van der Waals surface area contributed by atoms with Crippen LogP contribution in [0.5, 0.6) is 5.75 Å². The highest BCUT2D eigenvalue weighted by atomic mass is 32.2. The highest BCUT2D eigenvalue weighted by Gasteiger charge is 2.10. The van der Waals surface area contributed by atoms with Crippen molar-refractivity contribution in [1.29, 1.82) is 0 Å². The number of fused-ring (bicyclic) bond motifs is 1. The van der Waals surface area contributed by atoms with Crippen LogP contribution in [0, 0.1) is 0 Å². The third kappa shape index (κ3) is 2.78. The van der Waals surface area contributed by atoms with Gasteiger partial charge in [0.2, 0.25) is 0 Å². The summed E-state index contributed by atoms with van der Waals surface area (Å²) in [7, 11) is 0. The molecule has 23 heavy (non-hydrogen) atoms. The highest BCUT2D eigenvalue weighted by Crippen LogP contribution is 2.33. The minimum absolute atomic E-state index is 0.255. The third-order valence-corrected chi connectivity index (χ3v) is 4.55. The molecule has 2 heterocycles. The van der Waals surface area contributed by atoms with E-state index in [1.807, 2.05) is 36.4 Å². The summed E-state index contributed by atoms with van der Waals surface area (Å²) >= 11 is 1.62. The number of phenols is 1. The molecule has 2 aromatic carbocycles. The number of aromatic hydroxyl groups is 1. The molecule has 0 atom stereocenters. The van der Waals surface area contributed by atoms with Crippen LogP contribution in [0.2, 0.25) is 0 Å². The number of H-pyrrole nitrogens is 1. The highest BCUT2D eigenvalue weighted by molar-refractivity contribution is 7.99. The third-order valence-electron chi connectivity index (χ3n) is 3.53. The molecule has 2 N–H and O–H groups in total. The summed E-state index contributed by atoms with van der Waals surface area (Å²) in [6.07, 6.45) is 1.57. The number of benzene rings is 2. The van der Waals surface area contributed by atoms with Gasteiger partial charge in [0, 0.05) is 10.6 Å². The van der Waals surface area contributed by atoms with Crippen LogP contribution in [-0.2, 0) is 0 Å². The van der Waals surface area contributed by atoms with E-state index in [1.54, 1.807) is 30.2 Å². The molecule has 0 saturated carbocycles. The molecule has 0 aliphatic heterocycles. The van der Waals surface area contributed by atoms with Crippen LogP contribution < -0.4 is 0 Å².